The summed E-state index contributed by atoms with van der Waals surface area (Å²) in [7, 11) is 0. The number of hydrogen-bond acceptors (Lipinski definition) is 5. The molecule has 0 bridgehead atoms. The van der Waals surface area contributed by atoms with Crippen molar-refractivity contribution in [1.82, 2.24) is 0 Å². The third kappa shape index (κ3) is 1.60. The monoisotopic (exact) mass is 177 g/mol. The number of hydrogen-bond donors (Lipinski definition) is 5. The highest BCUT2D eigenvalue weighted by Crippen LogP contribution is 2.23. The SMILES string of the molecule is NC1C(CO)CC(O)C(O)C1O. The normalized spacial score (nSPS) is 49.2. The van der Waals surface area contributed by atoms with E-state index in [9.17, 15) is 10.2 Å². The summed E-state index contributed by atoms with van der Waals surface area (Å²) in [5.41, 5.74) is 5.50. The van der Waals surface area contributed by atoms with Gasteiger partial charge in [0.1, 0.15) is 6.10 Å². The molecule has 0 aromatic carbocycles. The van der Waals surface area contributed by atoms with Gasteiger partial charge in [-0.25, -0.2) is 0 Å². The van der Waals surface area contributed by atoms with Crippen LogP contribution in [0.25, 0.3) is 0 Å². The van der Waals surface area contributed by atoms with E-state index >= 15 is 0 Å². The van der Waals surface area contributed by atoms with Crippen LogP contribution in [0.3, 0.4) is 0 Å². The molecule has 5 unspecified atom stereocenters. The summed E-state index contributed by atoms with van der Waals surface area (Å²) in [6.07, 6.45) is -3.10. The molecular weight excluding hydrogens is 162 g/mol. The smallest absolute Gasteiger partial charge is 0.107 e. The van der Waals surface area contributed by atoms with E-state index in [2.05, 4.69) is 0 Å². The van der Waals surface area contributed by atoms with Crippen LogP contribution in [0.5, 0.6) is 0 Å². The Morgan fingerprint density at radius 3 is 2.25 bits per heavy atom. The molecule has 1 aliphatic rings. The van der Waals surface area contributed by atoms with Gasteiger partial charge < -0.3 is 26.2 Å². The molecule has 5 nitrogen and oxygen atoms in total. The molecule has 1 fully saturated rings. The minimum atomic E-state index is -1.19. The van der Waals surface area contributed by atoms with Crippen LogP contribution in [0.15, 0.2) is 0 Å². The first-order valence-corrected chi connectivity index (χ1v) is 3.98. The maximum absolute atomic E-state index is 9.27. The number of aliphatic hydroxyl groups excluding tert-OH is 4. The predicted molar refractivity (Wildman–Crippen MR) is 41.2 cm³/mol. The fourth-order valence-corrected chi connectivity index (χ4v) is 1.54. The summed E-state index contributed by atoms with van der Waals surface area (Å²) < 4.78 is 0. The summed E-state index contributed by atoms with van der Waals surface area (Å²) in [6, 6.07) is -0.659. The average molecular weight is 177 g/mol. The number of aliphatic hydroxyl groups is 4. The standard InChI is InChI=1S/C7H15NO4/c8-5-3(2-9)1-4(10)6(11)7(5)12/h3-7,9-12H,1-2,8H2. The van der Waals surface area contributed by atoms with Crippen molar-refractivity contribution in [3.8, 4) is 0 Å². The van der Waals surface area contributed by atoms with E-state index < -0.39 is 24.4 Å². The topological polar surface area (TPSA) is 107 Å². The van der Waals surface area contributed by atoms with E-state index in [1.807, 2.05) is 0 Å². The van der Waals surface area contributed by atoms with Crippen LogP contribution in [0.4, 0.5) is 0 Å². The zero-order chi connectivity index (χ0) is 9.30. The summed E-state index contributed by atoms with van der Waals surface area (Å²) in [6.45, 7) is -0.179. The molecule has 1 saturated carbocycles. The average Bonchev–Trinajstić information content (AvgIpc) is 2.08. The van der Waals surface area contributed by atoms with Gasteiger partial charge in [0.15, 0.2) is 0 Å². The van der Waals surface area contributed by atoms with E-state index in [-0.39, 0.29) is 18.9 Å². The summed E-state index contributed by atoms with van der Waals surface area (Å²) >= 11 is 0. The van der Waals surface area contributed by atoms with Gasteiger partial charge in [-0.15, -0.1) is 0 Å². The number of nitrogens with two attached hydrogens (primary N) is 1. The molecule has 0 saturated heterocycles. The van der Waals surface area contributed by atoms with Crippen LogP contribution in [-0.4, -0.2) is 51.4 Å². The fourth-order valence-electron chi connectivity index (χ4n) is 1.54. The van der Waals surface area contributed by atoms with Gasteiger partial charge in [-0.05, 0) is 6.42 Å². The van der Waals surface area contributed by atoms with Crippen molar-refractivity contribution in [2.75, 3.05) is 6.61 Å². The van der Waals surface area contributed by atoms with Crippen molar-refractivity contribution < 1.29 is 20.4 Å². The van der Waals surface area contributed by atoms with Gasteiger partial charge in [0, 0.05) is 18.6 Å². The molecular formula is C7H15NO4. The second-order valence-corrected chi connectivity index (χ2v) is 3.30. The van der Waals surface area contributed by atoms with Crippen molar-refractivity contribution in [3.63, 3.8) is 0 Å². The summed E-state index contributed by atoms with van der Waals surface area (Å²) in [5, 5.41) is 36.4. The van der Waals surface area contributed by atoms with E-state index in [1.54, 1.807) is 0 Å². The molecule has 0 heterocycles. The zero-order valence-corrected chi connectivity index (χ0v) is 6.67. The third-order valence-electron chi connectivity index (χ3n) is 2.46. The minimum Gasteiger partial charge on any atom is -0.396 e. The first-order valence-electron chi connectivity index (χ1n) is 3.98. The van der Waals surface area contributed by atoms with E-state index in [0.29, 0.717) is 0 Å². The highest BCUT2D eigenvalue weighted by atomic mass is 16.4. The largest absolute Gasteiger partial charge is 0.396 e. The Labute approximate surface area is 70.4 Å². The highest BCUT2D eigenvalue weighted by molar-refractivity contribution is 4.94. The Morgan fingerprint density at radius 1 is 1.17 bits per heavy atom. The Morgan fingerprint density at radius 2 is 1.75 bits per heavy atom. The lowest BCUT2D eigenvalue weighted by molar-refractivity contribution is -0.115. The van der Waals surface area contributed by atoms with Crippen LogP contribution in [0.1, 0.15) is 6.42 Å². The van der Waals surface area contributed by atoms with Crippen molar-refractivity contribution in [2.24, 2.45) is 11.7 Å². The first-order chi connectivity index (χ1) is 5.57. The molecule has 5 atom stereocenters. The van der Waals surface area contributed by atoms with Gasteiger partial charge in [0.25, 0.3) is 0 Å². The van der Waals surface area contributed by atoms with Crippen molar-refractivity contribution in [2.45, 2.75) is 30.8 Å². The van der Waals surface area contributed by atoms with Gasteiger partial charge >= 0.3 is 0 Å². The lowest BCUT2D eigenvalue weighted by Crippen LogP contribution is -2.58. The summed E-state index contributed by atoms with van der Waals surface area (Å²) in [5.74, 6) is -0.335. The maximum Gasteiger partial charge on any atom is 0.107 e. The molecule has 1 aliphatic carbocycles. The molecule has 0 spiro atoms. The van der Waals surface area contributed by atoms with Crippen LogP contribution < -0.4 is 5.73 Å². The summed E-state index contributed by atoms with van der Waals surface area (Å²) in [4.78, 5) is 0. The van der Waals surface area contributed by atoms with Gasteiger partial charge in [0.2, 0.25) is 0 Å². The zero-order valence-electron chi connectivity index (χ0n) is 6.67. The molecule has 6 N–H and O–H groups in total. The molecule has 0 radical (unpaired) electrons. The molecule has 0 aromatic rings. The van der Waals surface area contributed by atoms with Gasteiger partial charge in [-0.2, -0.15) is 0 Å². The minimum absolute atomic E-state index is 0.179. The predicted octanol–water partition coefficient (Wildman–Crippen LogP) is -2.59. The molecule has 72 valence electrons. The van der Waals surface area contributed by atoms with Crippen LogP contribution in [0, 0.1) is 5.92 Å². The Balaban J connectivity index is 2.63. The maximum atomic E-state index is 9.27. The van der Waals surface area contributed by atoms with Gasteiger partial charge in [-0.1, -0.05) is 0 Å². The van der Waals surface area contributed by atoms with E-state index in [4.69, 9.17) is 15.9 Å². The van der Waals surface area contributed by atoms with Crippen LogP contribution in [0.2, 0.25) is 0 Å². The van der Waals surface area contributed by atoms with E-state index in [1.165, 1.54) is 0 Å². The second-order valence-electron chi connectivity index (χ2n) is 3.30. The molecule has 5 heteroatoms. The fraction of sp³-hybridized carbons (Fsp3) is 1.00. The van der Waals surface area contributed by atoms with Gasteiger partial charge in [0.05, 0.1) is 12.2 Å². The van der Waals surface area contributed by atoms with Crippen LogP contribution in [-0.2, 0) is 0 Å². The van der Waals surface area contributed by atoms with Crippen molar-refractivity contribution in [3.05, 3.63) is 0 Å². The molecule has 0 aromatic heterocycles. The Bertz CT molecular complexity index is 150. The van der Waals surface area contributed by atoms with Gasteiger partial charge in [-0.3, -0.25) is 0 Å². The van der Waals surface area contributed by atoms with Crippen molar-refractivity contribution >= 4 is 0 Å². The Kier molecular flexibility index (Phi) is 3.03. The molecule has 0 aliphatic heterocycles. The van der Waals surface area contributed by atoms with E-state index in [0.717, 1.165) is 0 Å². The van der Waals surface area contributed by atoms with Crippen LogP contribution >= 0.6 is 0 Å². The molecule has 1 rings (SSSR count). The highest BCUT2D eigenvalue weighted by Gasteiger charge is 2.40. The second kappa shape index (κ2) is 3.68. The van der Waals surface area contributed by atoms with Crippen molar-refractivity contribution in [1.29, 1.82) is 0 Å². The Hall–Kier alpha value is -0.200. The lowest BCUT2D eigenvalue weighted by atomic mass is 9.80. The number of rotatable bonds is 1. The third-order valence-corrected chi connectivity index (χ3v) is 2.46. The first kappa shape index (κ1) is 9.88. The molecule has 12 heavy (non-hydrogen) atoms. The quantitative estimate of drug-likeness (QED) is 0.302. The lowest BCUT2D eigenvalue weighted by Gasteiger charge is -2.38. The molecule has 0 amide bonds.